The summed E-state index contributed by atoms with van der Waals surface area (Å²) in [6, 6.07) is 12.8. The number of nitrogens with zero attached hydrogens (tertiary/aromatic N) is 5. The summed E-state index contributed by atoms with van der Waals surface area (Å²) in [5.74, 6) is 0. The van der Waals surface area contributed by atoms with E-state index in [9.17, 15) is 19.7 Å². The minimum Gasteiger partial charge on any atom is -0.268 e. The molecule has 0 aliphatic heterocycles. The molecule has 3 heterocycles. The Morgan fingerprint density at radius 1 is 1.03 bits per heavy atom. The highest BCUT2D eigenvalue weighted by molar-refractivity contribution is 5.75. The van der Waals surface area contributed by atoms with E-state index in [0.29, 0.717) is 17.5 Å². The summed E-state index contributed by atoms with van der Waals surface area (Å²) < 4.78 is 2.52. The van der Waals surface area contributed by atoms with E-state index < -0.39 is 16.2 Å². The number of aromatic nitrogens is 4. The van der Waals surface area contributed by atoms with Gasteiger partial charge in [-0.2, -0.15) is 0 Å². The number of benzene rings is 1. The molecule has 4 rings (SSSR count). The molecule has 0 saturated carbocycles. The lowest BCUT2D eigenvalue weighted by molar-refractivity contribution is -0.384. The monoisotopic (exact) mass is 445 g/mol. The number of pyridine rings is 2. The van der Waals surface area contributed by atoms with Gasteiger partial charge in [0, 0.05) is 42.2 Å². The summed E-state index contributed by atoms with van der Waals surface area (Å²) in [5.41, 5.74) is 1.13. The molecule has 0 atom stereocenters. The molecule has 0 amide bonds. The summed E-state index contributed by atoms with van der Waals surface area (Å²) in [4.78, 5) is 45.9. The van der Waals surface area contributed by atoms with E-state index >= 15 is 0 Å². The van der Waals surface area contributed by atoms with Gasteiger partial charge in [-0.25, -0.2) is 14.3 Å². The van der Waals surface area contributed by atoms with Gasteiger partial charge < -0.3 is 0 Å². The summed E-state index contributed by atoms with van der Waals surface area (Å²) in [6.45, 7) is 6.22. The van der Waals surface area contributed by atoms with Gasteiger partial charge in [0.05, 0.1) is 16.0 Å². The van der Waals surface area contributed by atoms with E-state index in [-0.39, 0.29) is 23.3 Å². The van der Waals surface area contributed by atoms with Gasteiger partial charge in [0.2, 0.25) is 0 Å². The molecule has 33 heavy (non-hydrogen) atoms. The first-order valence-corrected chi connectivity index (χ1v) is 10.5. The molecule has 0 unspecified atom stereocenters. The van der Waals surface area contributed by atoms with E-state index in [1.807, 2.05) is 32.9 Å². The normalized spacial score (nSPS) is 11.6. The molecule has 4 aromatic rings. The molecule has 0 radical (unpaired) electrons. The Hall–Kier alpha value is -4.14. The van der Waals surface area contributed by atoms with E-state index in [1.54, 1.807) is 18.3 Å². The smallest absolute Gasteiger partial charge is 0.268 e. The van der Waals surface area contributed by atoms with Gasteiger partial charge in [0.15, 0.2) is 5.65 Å². The van der Waals surface area contributed by atoms with Crippen LogP contribution in [0.25, 0.3) is 16.7 Å². The predicted octanol–water partition coefficient (Wildman–Crippen LogP) is 3.53. The van der Waals surface area contributed by atoms with Crippen LogP contribution < -0.4 is 11.2 Å². The zero-order valence-corrected chi connectivity index (χ0v) is 18.6. The molecule has 0 bridgehead atoms. The second kappa shape index (κ2) is 8.42. The van der Waals surface area contributed by atoms with Crippen molar-refractivity contribution in [3.63, 3.8) is 0 Å². The third kappa shape index (κ3) is 4.17. The number of rotatable bonds is 6. The van der Waals surface area contributed by atoms with E-state index in [1.165, 1.54) is 39.6 Å². The Morgan fingerprint density at radius 2 is 1.76 bits per heavy atom. The van der Waals surface area contributed by atoms with Gasteiger partial charge in [-0.15, -0.1) is 0 Å². The fraction of sp³-hybridized carbons (Fsp3) is 0.250. The van der Waals surface area contributed by atoms with Crippen LogP contribution in [-0.2, 0) is 12.0 Å². The number of fused-ring (bicyclic) bond motifs is 1. The van der Waals surface area contributed by atoms with Crippen molar-refractivity contribution in [2.24, 2.45) is 0 Å². The first-order chi connectivity index (χ1) is 15.7. The molecular formula is C24H23N5O4. The fourth-order valence-electron chi connectivity index (χ4n) is 3.76. The van der Waals surface area contributed by atoms with Gasteiger partial charge in [0.1, 0.15) is 0 Å². The molecule has 1 aromatic carbocycles. The van der Waals surface area contributed by atoms with Gasteiger partial charge in [-0.3, -0.25) is 24.5 Å². The van der Waals surface area contributed by atoms with Crippen LogP contribution in [0.5, 0.6) is 0 Å². The highest BCUT2D eigenvalue weighted by Crippen LogP contribution is 2.26. The van der Waals surface area contributed by atoms with Crippen molar-refractivity contribution in [1.82, 2.24) is 19.1 Å². The topological polar surface area (TPSA) is 113 Å². The van der Waals surface area contributed by atoms with Gasteiger partial charge >= 0.3 is 5.69 Å². The second-order valence-corrected chi connectivity index (χ2v) is 8.58. The van der Waals surface area contributed by atoms with Crippen LogP contribution in [0.4, 0.5) is 5.69 Å². The van der Waals surface area contributed by atoms with Crippen LogP contribution in [-0.4, -0.2) is 24.0 Å². The molecule has 0 saturated heterocycles. The zero-order chi connectivity index (χ0) is 23.8. The molecule has 0 fully saturated rings. The minimum atomic E-state index is -0.548. The van der Waals surface area contributed by atoms with Crippen LogP contribution in [0.1, 0.15) is 31.5 Å². The predicted molar refractivity (Wildman–Crippen MR) is 125 cm³/mol. The SMILES string of the molecule is Cc1ccnc(C(C)(C)CCn2c(=O)c3cccnc3n(-c3ccc([N+](=O)[O-])cc3)c2=O)c1. The maximum Gasteiger partial charge on any atom is 0.337 e. The Bertz CT molecular complexity index is 1470. The Kier molecular flexibility index (Phi) is 5.63. The molecule has 9 nitrogen and oxygen atoms in total. The lowest BCUT2D eigenvalue weighted by atomic mass is 9.84. The molecule has 0 spiro atoms. The number of nitro benzene ring substituents is 1. The largest absolute Gasteiger partial charge is 0.337 e. The number of nitro groups is 1. The average Bonchev–Trinajstić information content (AvgIpc) is 2.79. The molecule has 168 valence electrons. The zero-order valence-electron chi connectivity index (χ0n) is 18.6. The fourth-order valence-corrected chi connectivity index (χ4v) is 3.76. The lowest BCUT2D eigenvalue weighted by Crippen LogP contribution is -2.41. The quantitative estimate of drug-likeness (QED) is 0.331. The van der Waals surface area contributed by atoms with Crippen LogP contribution in [0.3, 0.4) is 0 Å². The molecular weight excluding hydrogens is 422 g/mol. The Labute approximate surface area is 189 Å². The van der Waals surface area contributed by atoms with E-state index in [4.69, 9.17) is 0 Å². The number of hydrogen-bond acceptors (Lipinski definition) is 6. The molecule has 0 N–H and O–H groups in total. The summed E-state index contributed by atoms with van der Waals surface area (Å²) in [7, 11) is 0. The Morgan fingerprint density at radius 3 is 2.42 bits per heavy atom. The van der Waals surface area contributed by atoms with Crippen molar-refractivity contribution in [1.29, 1.82) is 0 Å². The minimum absolute atomic E-state index is 0.0928. The first kappa shape index (κ1) is 22.1. The number of aryl methyl sites for hydroxylation is 1. The van der Waals surface area contributed by atoms with Crippen molar-refractivity contribution in [3.05, 3.63) is 103 Å². The van der Waals surface area contributed by atoms with Crippen molar-refractivity contribution < 1.29 is 4.92 Å². The highest BCUT2D eigenvalue weighted by atomic mass is 16.6. The van der Waals surface area contributed by atoms with Crippen LogP contribution >= 0.6 is 0 Å². The third-order valence-corrected chi connectivity index (χ3v) is 5.78. The maximum atomic E-state index is 13.5. The van der Waals surface area contributed by atoms with E-state index in [0.717, 1.165) is 11.3 Å². The standard InChI is InChI=1S/C24H23N5O4/c1-16-10-13-25-20(15-16)24(2,3)11-14-27-22(30)19-5-4-12-26-21(19)28(23(27)31)17-6-8-18(9-7-17)29(32)33/h4-10,12-13,15H,11,14H2,1-3H3. The van der Waals surface area contributed by atoms with Crippen molar-refractivity contribution >= 4 is 16.7 Å². The molecule has 3 aromatic heterocycles. The Balaban J connectivity index is 1.82. The molecule has 9 heteroatoms. The lowest BCUT2D eigenvalue weighted by Gasteiger charge is -2.25. The summed E-state index contributed by atoms with van der Waals surface area (Å²) in [6.07, 6.45) is 3.76. The van der Waals surface area contributed by atoms with Crippen molar-refractivity contribution in [3.8, 4) is 5.69 Å². The van der Waals surface area contributed by atoms with Crippen LogP contribution in [0.15, 0.2) is 70.5 Å². The van der Waals surface area contributed by atoms with Crippen molar-refractivity contribution in [2.75, 3.05) is 0 Å². The summed E-state index contributed by atoms with van der Waals surface area (Å²) in [5, 5.41) is 11.3. The van der Waals surface area contributed by atoms with Crippen LogP contribution in [0.2, 0.25) is 0 Å². The van der Waals surface area contributed by atoms with Gasteiger partial charge in [0.25, 0.3) is 11.2 Å². The second-order valence-electron chi connectivity index (χ2n) is 8.58. The molecule has 0 aliphatic carbocycles. The first-order valence-electron chi connectivity index (χ1n) is 10.5. The van der Waals surface area contributed by atoms with Crippen LogP contribution in [0, 0.1) is 17.0 Å². The van der Waals surface area contributed by atoms with Crippen molar-refractivity contribution in [2.45, 2.75) is 39.2 Å². The van der Waals surface area contributed by atoms with Gasteiger partial charge in [-0.1, -0.05) is 13.8 Å². The molecule has 0 aliphatic rings. The number of hydrogen-bond donors (Lipinski definition) is 0. The third-order valence-electron chi connectivity index (χ3n) is 5.78. The highest BCUT2D eigenvalue weighted by Gasteiger charge is 2.24. The van der Waals surface area contributed by atoms with E-state index in [2.05, 4.69) is 9.97 Å². The average molecular weight is 445 g/mol. The number of non-ortho nitro benzene ring substituents is 1. The summed E-state index contributed by atoms with van der Waals surface area (Å²) >= 11 is 0. The van der Waals surface area contributed by atoms with Gasteiger partial charge in [-0.05, 0) is 55.3 Å². The maximum absolute atomic E-state index is 13.5.